The number of nitrogens with one attached hydrogen (secondary N) is 1. The van der Waals surface area contributed by atoms with Gasteiger partial charge in [0.2, 0.25) is 0 Å². The topological polar surface area (TPSA) is 39.1 Å². The number of hydrogen-bond acceptors (Lipinski definition) is 3. The first-order valence-corrected chi connectivity index (χ1v) is 7.92. The van der Waals surface area contributed by atoms with Gasteiger partial charge in [-0.15, -0.1) is 0 Å². The molecule has 20 heavy (non-hydrogen) atoms. The molecule has 2 aliphatic rings. The fourth-order valence-corrected chi connectivity index (χ4v) is 3.41. The highest BCUT2D eigenvalue weighted by Gasteiger charge is 2.43. The van der Waals surface area contributed by atoms with E-state index in [-0.39, 0.29) is 11.5 Å². The van der Waals surface area contributed by atoms with Gasteiger partial charge < -0.3 is 10.1 Å². The molecule has 1 aliphatic carbocycles. The first-order valence-electron chi connectivity index (χ1n) is 7.55. The fraction of sp³-hybridized carbons (Fsp3) is 0.800. The lowest BCUT2D eigenvalue weighted by molar-refractivity contribution is 0.0619. The Hall–Kier alpha value is -0.580. The van der Waals surface area contributed by atoms with E-state index >= 15 is 0 Å². The molecular formula is C15H24ClN3O. The van der Waals surface area contributed by atoms with Crippen LogP contribution in [-0.2, 0) is 18.2 Å². The molecular weight excluding hydrogens is 274 g/mol. The number of hydrogen-bond donors (Lipinski definition) is 1. The lowest BCUT2D eigenvalue weighted by Crippen LogP contribution is -2.42. The molecule has 2 heterocycles. The van der Waals surface area contributed by atoms with Crippen molar-refractivity contribution in [1.82, 2.24) is 15.1 Å². The van der Waals surface area contributed by atoms with Crippen molar-refractivity contribution in [2.75, 3.05) is 13.2 Å². The largest absolute Gasteiger partial charge is 0.378 e. The van der Waals surface area contributed by atoms with Gasteiger partial charge in [0.25, 0.3) is 0 Å². The van der Waals surface area contributed by atoms with Crippen molar-refractivity contribution < 1.29 is 4.74 Å². The zero-order valence-electron chi connectivity index (χ0n) is 12.6. The Bertz CT molecular complexity index is 498. The second-order valence-corrected chi connectivity index (χ2v) is 6.81. The van der Waals surface area contributed by atoms with Crippen molar-refractivity contribution in [1.29, 1.82) is 0 Å². The summed E-state index contributed by atoms with van der Waals surface area (Å²) in [4.78, 5) is 0. The molecule has 1 N–H and O–H groups in total. The van der Waals surface area contributed by atoms with Crippen molar-refractivity contribution in [2.45, 2.75) is 51.7 Å². The van der Waals surface area contributed by atoms with Crippen molar-refractivity contribution in [2.24, 2.45) is 12.5 Å². The van der Waals surface area contributed by atoms with Crippen LogP contribution in [0.15, 0.2) is 0 Å². The van der Waals surface area contributed by atoms with Crippen molar-refractivity contribution in [3.05, 3.63) is 16.4 Å². The van der Waals surface area contributed by atoms with E-state index in [0.29, 0.717) is 0 Å². The molecule has 112 valence electrons. The number of nitrogens with zero attached hydrogens (tertiary/aromatic N) is 2. The maximum Gasteiger partial charge on any atom is 0.0847 e. The average Bonchev–Trinajstić information content (AvgIpc) is 3.13. The van der Waals surface area contributed by atoms with E-state index in [0.717, 1.165) is 48.4 Å². The van der Waals surface area contributed by atoms with Gasteiger partial charge in [-0.2, -0.15) is 5.10 Å². The predicted molar refractivity (Wildman–Crippen MR) is 80.1 cm³/mol. The summed E-state index contributed by atoms with van der Waals surface area (Å²) in [6, 6.07) is 0.725. The molecule has 1 aliphatic heterocycles. The van der Waals surface area contributed by atoms with E-state index in [1.165, 1.54) is 12.8 Å². The van der Waals surface area contributed by atoms with Crippen LogP contribution in [0.25, 0.3) is 0 Å². The maximum absolute atomic E-state index is 6.43. The quantitative estimate of drug-likeness (QED) is 0.907. The molecule has 0 amide bonds. The van der Waals surface area contributed by atoms with E-state index in [1.54, 1.807) is 0 Å². The van der Waals surface area contributed by atoms with Crippen molar-refractivity contribution in [3.8, 4) is 0 Å². The van der Waals surface area contributed by atoms with Crippen LogP contribution >= 0.6 is 11.6 Å². The van der Waals surface area contributed by atoms with Gasteiger partial charge in [0, 0.05) is 38.1 Å². The summed E-state index contributed by atoms with van der Waals surface area (Å²) >= 11 is 6.43. The minimum absolute atomic E-state index is 0.145. The Morgan fingerprint density at radius 2 is 2.25 bits per heavy atom. The van der Waals surface area contributed by atoms with Gasteiger partial charge >= 0.3 is 0 Å². The van der Waals surface area contributed by atoms with Crippen LogP contribution in [-0.4, -0.2) is 35.1 Å². The molecule has 0 radical (unpaired) electrons. The molecule has 0 aromatic carbocycles. The molecule has 3 rings (SSSR count). The molecule has 4 nitrogen and oxygen atoms in total. The second-order valence-electron chi connectivity index (χ2n) is 6.43. The average molecular weight is 298 g/mol. The van der Waals surface area contributed by atoms with Crippen molar-refractivity contribution >= 4 is 11.6 Å². The predicted octanol–water partition coefficient (Wildman–Crippen LogP) is 2.47. The van der Waals surface area contributed by atoms with E-state index in [9.17, 15) is 0 Å². The van der Waals surface area contributed by atoms with Crippen LogP contribution in [0.1, 0.15) is 37.6 Å². The lowest BCUT2D eigenvalue weighted by Gasteiger charge is -2.33. The number of ether oxygens (including phenoxy) is 1. The molecule has 2 unspecified atom stereocenters. The van der Waals surface area contributed by atoms with E-state index in [2.05, 4.69) is 17.3 Å². The van der Waals surface area contributed by atoms with E-state index < -0.39 is 0 Å². The summed E-state index contributed by atoms with van der Waals surface area (Å²) in [5.41, 5.74) is 2.20. The molecule has 0 bridgehead atoms. The third-order valence-electron chi connectivity index (χ3n) is 4.93. The summed E-state index contributed by atoms with van der Waals surface area (Å²) in [6.07, 6.45) is 4.92. The first kappa shape index (κ1) is 14.4. The number of aromatic nitrogens is 2. The molecule has 2 atom stereocenters. The molecule has 0 spiro atoms. The zero-order valence-corrected chi connectivity index (χ0v) is 13.3. The van der Waals surface area contributed by atoms with Crippen LogP contribution in [0.2, 0.25) is 5.02 Å². The highest BCUT2D eigenvalue weighted by Crippen LogP contribution is 2.40. The Kier molecular flexibility index (Phi) is 3.82. The van der Waals surface area contributed by atoms with Gasteiger partial charge in [-0.05, 0) is 33.1 Å². The second kappa shape index (κ2) is 5.32. The third-order valence-corrected chi connectivity index (χ3v) is 5.42. The summed E-state index contributed by atoms with van der Waals surface area (Å²) in [6.45, 7) is 6.02. The Morgan fingerprint density at radius 1 is 1.50 bits per heavy atom. The highest BCUT2D eigenvalue weighted by molar-refractivity contribution is 6.31. The molecule has 1 saturated carbocycles. The Morgan fingerprint density at radius 3 is 2.75 bits per heavy atom. The van der Waals surface area contributed by atoms with Gasteiger partial charge in [-0.25, -0.2) is 0 Å². The standard InChI is InChI=1S/C15H24ClN3O/c1-10-14(16)13(19(3)18-10)8-15(6-7-20-11(15)2)9-17-12-4-5-12/h11-12,17H,4-9H2,1-3H3. The van der Waals surface area contributed by atoms with Crippen molar-refractivity contribution in [3.63, 3.8) is 0 Å². The molecule has 1 aromatic heterocycles. The first-order chi connectivity index (χ1) is 9.52. The summed E-state index contributed by atoms with van der Waals surface area (Å²) in [5.74, 6) is 0. The molecule has 5 heteroatoms. The van der Waals surface area contributed by atoms with Gasteiger partial charge in [0.1, 0.15) is 0 Å². The van der Waals surface area contributed by atoms with Gasteiger partial charge in [0.15, 0.2) is 0 Å². The molecule has 1 saturated heterocycles. The summed E-state index contributed by atoms with van der Waals surface area (Å²) < 4.78 is 7.80. The van der Waals surface area contributed by atoms with Gasteiger partial charge in [-0.3, -0.25) is 4.68 Å². The highest BCUT2D eigenvalue weighted by atomic mass is 35.5. The van der Waals surface area contributed by atoms with Crippen LogP contribution in [0, 0.1) is 12.3 Å². The number of aryl methyl sites for hydroxylation is 2. The fourth-order valence-electron chi connectivity index (χ4n) is 3.19. The molecule has 2 fully saturated rings. The number of rotatable bonds is 5. The zero-order chi connectivity index (χ0) is 14.3. The van der Waals surface area contributed by atoms with E-state index in [4.69, 9.17) is 16.3 Å². The lowest BCUT2D eigenvalue weighted by atomic mass is 9.77. The minimum atomic E-state index is 0.145. The number of halogens is 1. The SMILES string of the molecule is Cc1nn(C)c(CC2(CNC3CC3)CCOC2C)c1Cl. The summed E-state index contributed by atoms with van der Waals surface area (Å²) in [5, 5.41) is 8.94. The Labute approximate surface area is 125 Å². The smallest absolute Gasteiger partial charge is 0.0847 e. The summed E-state index contributed by atoms with van der Waals surface area (Å²) in [7, 11) is 1.98. The third kappa shape index (κ3) is 2.61. The normalized spacial score (nSPS) is 30.1. The molecule has 1 aromatic rings. The minimum Gasteiger partial charge on any atom is -0.378 e. The van der Waals surface area contributed by atoms with Crippen LogP contribution in [0.5, 0.6) is 0 Å². The van der Waals surface area contributed by atoms with E-state index in [1.807, 2.05) is 18.7 Å². The van der Waals surface area contributed by atoms with Crippen LogP contribution in [0.4, 0.5) is 0 Å². The monoisotopic (exact) mass is 297 g/mol. The van der Waals surface area contributed by atoms with Crippen LogP contribution in [0.3, 0.4) is 0 Å². The van der Waals surface area contributed by atoms with Gasteiger partial charge in [-0.1, -0.05) is 11.6 Å². The Balaban J connectivity index is 1.81. The van der Waals surface area contributed by atoms with Gasteiger partial charge in [0.05, 0.1) is 22.5 Å². The van der Waals surface area contributed by atoms with Crippen LogP contribution < -0.4 is 5.32 Å². The maximum atomic E-state index is 6.43.